The van der Waals surface area contributed by atoms with Gasteiger partial charge in [-0.25, -0.2) is 4.39 Å². The van der Waals surface area contributed by atoms with Gasteiger partial charge in [0.25, 0.3) is 11.8 Å². The van der Waals surface area contributed by atoms with E-state index in [-0.39, 0.29) is 42.2 Å². The van der Waals surface area contributed by atoms with Crippen LogP contribution in [0.25, 0.3) is 0 Å². The Balaban J connectivity index is 1.21. The van der Waals surface area contributed by atoms with Crippen LogP contribution >= 0.6 is 0 Å². The van der Waals surface area contributed by atoms with E-state index >= 15 is 0 Å². The number of carbonyl (C=O) groups is 3. The minimum atomic E-state index is -0.502. The number of hydrogen-bond acceptors (Lipinski definition) is 5. The fourth-order valence-electron chi connectivity index (χ4n) is 5.87. The van der Waals surface area contributed by atoms with Gasteiger partial charge in [-0.15, -0.1) is 0 Å². The lowest BCUT2D eigenvalue weighted by atomic mass is 9.89. The van der Waals surface area contributed by atoms with Crippen LogP contribution in [0.1, 0.15) is 72.1 Å². The lowest BCUT2D eigenvalue weighted by molar-refractivity contribution is -0.134. The molecule has 208 valence electrons. The van der Waals surface area contributed by atoms with Crippen LogP contribution in [0.4, 0.5) is 10.1 Å². The van der Waals surface area contributed by atoms with E-state index < -0.39 is 11.7 Å². The number of nitrogens with one attached hydrogen (secondary N) is 2. The molecule has 3 aliphatic rings. The number of carbonyl (C=O) groups excluding carboxylic acids is 3. The Morgan fingerprint density at radius 1 is 1.05 bits per heavy atom. The van der Waals surface area contributed by atoms with Crippen molar-refractivity contribution in [3.05, 3.63) is 59.4 Å². The van der Waals surface area contributed by atoms with Crippen LogP contribution in [0.15, 0.2) is 42.5 Å². The molecule has 2 aromatic rings. The average Bonchev–Trinajstić information content (AvgIpc) is 2.94. The first kappa shape index (κ1) is 27.1. The topological polar surface area (TPSA) is 97.0 Å². The molecule has 0 spiro atoms. The highest BCUT2D eigenvalue weighted by atomic mass is 19.1. The van der Waals surface area contributed by atoms with Crippen molar-refractivity contribution in [2.24, 2.45) is 5.92 Å². The Morgan fingerprint density at radius 2 is 1.87 bits per heavy atom. The number of anilines is 1. The van der Waals surface area contributed by atoms with Crippen LogP contribution in [0.5, 0.6) is 5.75 Å². The second-order valence-corrected chi connectivity index (χ2v) is 10.9. The van der Waals surface area contributed by atoms with Crippen LogP contribution in [-0.4, -0.2) is 61.1 Å². The van der Waals surface area contributed by atoms with E-state index in [0.29, 0.717) is 42.2 Å². The van der Waals surface area contributed by atoms with Gasteiger partial charge >= 0.3 is 0 Å². The number of likely N-dealkylation sites (N-methyl/N-ethyl adjacent to an activating group) is 1. The molecule has 2 aliphatic heterocycles. The molecule has 1 saturated heterocycles. The summed E-state index contributed by atoms with van der Waals surface area (Å²) >= 11 is 0. The fraction of sp³-hybridized carbons (Fsp3) is 0.500. The van der Waals surface area contributed by atoms with Gasteiger partial charge in [-0.1, -0.05) is 25.3 Å². The van der Waals surface area contributed by atoms with Gasteiger partial charge in [0.1, 0.15) is 24.3 Å². The SMILES string of the molecule is CN1C(=O)c2cc(NC(=O)c3cccc(F)c3)ccc2OC[C@@H]2O[C@H](CC(=O)NCC3CCCCC3)CC[C@H]21. The van der Waals surface area contributed by atoms with E-state index in [2.05, 4.69) is 10.6 Å². The summed E-state index contributed by atoms with van der Waals surface area (Å²) in [6.45, 7) is 0.976. The normalized spacial score (nSPS) is 23.5. The fourth-order valence-corrected chi connectivity index (χ4v) is 5.87. The van der Waals surface area contributed by atoms with E-state index in [4.69, 9.17) is 9.47 Å². The number of ether oxygens (including phenoxy) is 2. The molecule has 0 bridgehead atoms. The number of halogens is 1. The summed E-state index contributed by atoms with van der Waals surface area (Å²) in [7, 11) is 1.74. The predicted octanol–water partition coefficient (Wildman–Crippen LogP) is 4.55. The molecule has 3 amide bonds. The van der Waals surface area contributed by atoms with Gasteiger partial charge in [0.05, 0.1) is 24.1 Å². The first-order valence-corrected chi connectivity index (χ1v) is 13.9. The second kappa shape index (κ2) is 12.2. The van der Waals surface area contributed by atoms with Gasteiger partial charge < -0.3 is 25.0 Å². The number of rotatable bonds is 6. The molecule has 8 nitrogen and oxygen atoms in total. The second-order valence-electron chi connectivity index (χ2n) is 10.9. The van der Waals surface area contributed by atoms with Crippen LogP contribution in [0, 0.1) is 11.7 Å². The van der Waals surface area contributed by atoms with Gasteiger partial charge in [0.2, 0.25) is 5.91 Å². The predicted molar refractivity (Wildman–Crippen MR) is 144 cm³/mol. The van der Waals surface area contributed by atoms with Crippen LogP contribution in [-0.2, 0) is 9.53 Å². The molecule has 2 heterocycles. The molecular weight excluding hydrogens is 501 g/mol. The molecule has 1 aliphatic carbocycles. The summed E-state index contributed by atoms with van der Waals surface area (Å²) in [6, 6.07) is 10.1. The monoisotopic (exact) mass is 537 g/mol. The molecule has 0 aromatic heterocycles. The molecule has 3 atom stereocenters. The number of nitrogens with zero attached hydrogens (tertiary/aromatic N) is 1. The van der Waals surface area contributed by atoms with E-state index in [1.165, 1.54) is 50.3 Å². The molecule has 5 rings (SSSR count). The third-order valence-electron chi connectivity index (χ3n) is 8.08. The average molecular weight is 538 g/mol. The Morgan fingerprint density at radius 3 is 2.67 bits per heavy atom. The van der Waals surface area contributed by atoms with Crippen molar-refractivity contribution < 1.29 is 28.2 Å². The molecule has 1 saturated carbocycles. The number of benzene rings is 2. The largest absolute Gasteiger partial charge is 0.490 e. The lowest BCUT2D eigenvalue weighted by Crippen LogP contribution is -2.54. The molecule has 2 N–H and O–H groups in total. The smallest absolute Gasteiger partial charge is 0.257 e. The highest BCUT2D eigenvalue weighted by Gasteiger charge is 2.39. The zero-order valence-corrected chi connectivity index (χ0v) is 22.3. The Bertz CT molecular complexity index is 1210. The van der Waals surface area contributed by atoms with Crippen LogP contribution in [0.3, 0.4) is 0 Å². The van der Waals surface area contributed by atoms with E-state index in [1.54, 1.807) is 30.1 Å². The molecule has 39 heavy (non-hydrogen) atoms. The van der Waals surface area contributed by atoms with E-state index in [1.807, 2.05) is 0 Å². The lowest BCUT2D eigenvalue weighted by Gasteiger charge is -2.42. The van der Waals surface area contributed by atoms with Crippen LogP contribution < -0.4 is 15.4 Å². The number of amides is 3. The highest BCUT2D eigenvalue weighted by molar-refractivity contribution is 6.05. The molecule has 0 unspecified atom stereocenters. The maximum absolute atomic E-state index is 13.5. The van der Waals surface area contributed by atoms with Crippen molar-refractivity contribution in [3.8, 4) is 5.75 Å². The first-order chi connectivity index (χ1) is 18.9. The molecule has 0 radical (unpaired) electrons. The van der Waals surface area contributed by atoms with Crippen molar-refractivity contribution in [2.45, 2.75) is 69.6 Å². The minimum absolute atomic E-state index is 0.0124. The maximum Gasteiger partial charge on any atom is 0.257 e. The third-order valence-corrected chi connectivity index (χ3v) is 8.08. The van der Waals surface area contributed by atoms with Crippen molar-refractivity contribution >= 4 is 23.4 Å². The van der Waals surface area contributed by atoms with Crippen molar-refractivity contribution in [3.63, 3.8) is 0 Å². The zero-order valence-electron chi connectivity index (χ0n) is 22.3. The quantitative estimate of drug-likeness (QED) is 0.564. The molecule has 2 fully saturated rings. The standard InChI is InChI=1S/C30H36FN3O5/c1-34-25-12-11-23(16-28(35)32-17-19-6-3-2-4-7-19)39-27(25)18-38-26-13-10-22(15-24(26)30(34)37)33-29(36)20-8-5-9-21(31)14-20/h5,8-10,13-15,19,23,25,27H,2-4,6-7,11-12,16-18H2,1H3,(H,32,35)(H,33,36)/t23-,25+,27-/m0/s1. The van der Waals surface area contributed by atoms with Crippen LogP contribution in [0.2, 0.25) is 0 Å². The Hall–Kier alpha value is -3.46. The zero-order chi connectivity index (χ0) is 27.4. The van der Waals surface area contributed by atoms with Crippen molar-refractivity contribution in [1.82, 2.24) is 10.2 Å². The summed E-state index contributed by atoms with van der Waals surface area (Å²) in [5.74, 6) is -0.236. The molecule has 9 heteroatoms. The van der Waals surface area contributed by atoms with Gasteiger partial charge in [-0.3, -0.25) is 14.4 Å². The first-order valence-electron chi connectivity index (χ1n) is 13.9. The van der Waals surface area contributed by atoms with Crippen molar-refractivity contribution in [1.29, 1.82) is 0 Å². The molecule has 2 aromatic carbocycles. The van der Waals surface area contributed by atoms with Gasteiger partial charge in [0, 0.05) is 24.8 Å². The molecular formula is C30H36FN3O5. The van der Waals surface area contributed by atoms with Gasteiger partial charge in [-0.2, -0.15) is 0 Å². The summed E-state index contributed by atoms with van der Waals surface area (Å²) < 4.78 is 25.8. The Kier molecular flexibility index (Phi) is 8.45. The van der Waals surface area contributed by atoms with E-state index in [9.17, 15) is 18.8 Å². The summed E-state index contributed by atoms with van der Waals surface area (Å²) in [5, 5.41) is 5.82. The number of fused-ring (bicyclic) bond motifs is 2. The van der Waals surface area contributed by atoms with E-state index in [0.717, 1.165) is 12.6 Å². The third kappa shape index (κ3) is 6.58. The van der Waals surface area contributed by atoms with Crippen molar-refractivity contribution in [2.75, 3.05) is 25.5 Å². The maximum atomic E-state index is 13.5. The number of hydrogen-bond donors (Lipinski definition) is 2. The minimum Gasteiger partial charge on any atom is -0.490 e. The van der Waals surface area contributed by atoms with Gasteiger partial charge in [0.15, 0.2) is 0 Å². The summed E-state index contributed by atoms with van der Waals surface area (Å²) in [5.41, 5.74) is 0.919. The summed E-state index contributed by atoms with van der Waals surface area (Å²) in [6.07, 6.45) is 7.25. The van der Waals surface area contributed by atoms with Gasteiger partial charge in [-0.05, 0) is 68.0 Å². The highest BCUT2D eigenvalue weighted by Crippen LogP contribution is 2.33. The Labute approximate surface area is 228 Å². The summed E-state index contributed by atoms with van der Waals surface area (Å²) in [4.78, 5) is 40.3.